The average Bonchev–Trinajstić information content (AvgIpc) is 3.36. The largest absolute Gasteiger partial charge is 0.319 e. The first-order valence-electron chi connectivity index (χ1n) is 8.81. The summed E-state index contributed by atoms with van der Waals surface area (Å²) in [5.74, 6) is -0.181. The Balaban J connectivity index is 1.43. The number of rotatable bonds is 6. The van der Waals surface area contributed by atoms with E-state index < -0.39 is 0 Å². The van der Waals surface area contributed by atoms with Crippen molar-refractivity contribution in [1.29, 1.82) is 0 Å². The number of benzene rings is 2. The summed E-state index contributed by atoms with van der Waals surface area (Å²) in [6, 6.07) is 17.0. The third-order valence-corrected chi connectivity index (χ3v) is 4.64. The molecule has 0 spiro atoms. The second kappa shape index (κ2) is 8.10. The van der Waals surface area contributed by atoms with E-state index in [4.69, 9.17) is 11.6 Å². The number of halogens is 1. The normalized spacial score (nSPS) is 10.8. The number of carbonyl (C=O) groups excluding carboxylic acids is 1. The molecular weight excluding hydrogens is 374 g/mol. The van der Waals surface area contributed by atoms with Crippen LogP contribution in [0.15, 0.2) is 79.4 Å². The molecule has 0 saturated carbocycles. The van der Waals surface area contributed by atoms with Crippen LogP contribution in [0.1, 0.15) is 21.5 Å². The zero-order valence-corrected chi connectivity index (χ0v) is 15.8. The molecule has 6 nitrogen and oxygen atoms in total. The van der Waals surface area contributed by atoms with Gasteiger partial charge in [0, 0.05) is 29.2 Å². The first-order valence-corrected chi connectivity index (χ1v) is 9.19. The highest BCUT2D eigenvalue weighted by Gasteiger charge is 2.09. The van der Waals surface area contributed by atoms with E-state index in [9.17, 15) is 4.79 Å². The zero-order chi connectivity index (χ0) is 19.3. The van der Waals surface area contributed by atoms with Crippen molar-refractivity contribution in [2.75, 3.05) is 5.32 Å². The maximum absolute atomic E-state index is 12.6. The molecule has 0 fully saturated rings. The third kappa shape index (κ3) is 4.29. The molecule has 0 aliphatic rings. The zero-order valence-electron chi connectivity index (χ0n) is 15.0. The SMILES string of the molecule is O=C(Nc1cnn(Cc2ccccc2Cl)c1)c1cccc(Cn2cccn2)c1. The van der Waals surface area contributed by atoms with Crippen LogP contribution in [0.25, 0.3) is 0 Å². The summed E-state index contributed by atoms with van der Waals surface area (Å²) in [4.78, 5) is 12.6. The summed E-state index contributed by atoms with van der Waals surface area (Å²) in [6.07, 6.45) is 7.04. The molecule has 0 aliphatic carbocycles. The molecule has 28 heavy (non-hydrogen) atoms. The van der Waals surface area contributed by atoms with Crippen LogP contribution in [0.5, 0.6) is 0 Å². The molecule has 4 rings (SSSR count). The van der Waals surface area contributed by atoms with Crippen molar-refractivity contribution < 1.29 is 4.79 Å². The van der Waals surface area contributed by atoms with Crippen molar-refractivity contribution in [2.45, 2.75) is 13.1 Å². The fourth-order valence-electron chi connectivity index (χ4n) is 2.91. The van der Waals surface area contributed by atoms with Crippen molar-refractivity contribution in [3.05, 3.63) is 101 Å². The van der Waals surface area contributed by atoms with Gasteiger partial charge >= 0.3 is 0 Å². The molecule has 0 aliphatic heterocycles. The average molecular weight is 392 g/mol. The highest BCUT2D eigenvalue weighted by Crippen LogP contribution is 2.17. The van der Waals surface area contributed by atoms with E-state index in [2.05, 4.69) is 15.5 Å². The van der Waals surface area contributed by atoms with E-state index in [0.717, 1.165) is 11.1 Å². The predicted molar refractivity (Wildman–Crippen MR) is 109 cm³/mol. The summed E-state index contributed by atoms with van der Waals surface area (Å²) in [5, 5.41) is 12.1. The number of carbonyl (C=O) groups is 1. The van der Waals surface area contributed by atoms with Crippen LogP contribution in [-0.2, 0) is 13.1 Å². The summed E-state index contributed by atoms with van der Waals surface area (Å²) in [7, 11) is 0. The van der Waals surface area contributed by atoms with Gasteiger partial charge in [0.05, 0.1) is 25.0 Å². The summed E-state index contributed by atoms with van der Waals surface area (Å²) in [6.45, 7) is 1.15. The molecule has 2 aromatic heterocycles. The van der Waals surface area contributed by atoms with Gasteiger partial charge in [0.15, 0.2) is 0 Å². The molecule has 0 radical (unpaired) electrons. The standard InChI is InChI=1S/C21H18ClN5O/c22-20-8-2-1-6-18(20)14-27-15-19(12-24-27)25-21(28)17-7-3-5-16(11-17)13-26-10-4-9-23-26/h1-12,15H,13-14H2,(H,25,28). The van der Waals surface area contributed by atoms with Crippen LogP contribution < -0.4 is 5.32 Å². The Morgan fingerprint density at radius 2 is 1.89 bits per heavy atom. The number of anilines is 1. The third-order valence-electron chi connectivity index (χ3n) is 4.27. The lowest BCUT2D eigenvalue weighted by atomic mass is 10.1. The van der Waals surface area contributed by atoms with Gasteiger partial charge in [0.2, 0.25) is 0 Å². The number of aromatic nitrogens is 4. The quantitative estimate of drug-likeness (QED) is 0.538. The van der Waals surface area contributed by atoms with Gasteiger partial charge in [-0.1, -0.05) is 41.9 Å². The Morgan fingerprint density at radius 1 is 1.00 bits per heavy atom. The van der Waals surface area contributed by atoms with Crippen LogP contribution in [0.3, 0.4) is 0 Å². The molecule has 0 bridgehead atoms. The van der Waals surface area contributed by atoms with Crippen LogP contribution in [0.2, 0.25) is 5.02 Å². The highest BCUT2D eigenvalue weighted by molar-refractivity contribution is 6.31. The minimum Gasteiger partial charge on any atom is -0.319 e. The highest BCUT2D eigenvalue weighted by atomic mass is 35.5. The van der Waals surface area contributed by atoms with Crippen molar-refractivity contribution >= 4 is 23.2 Å². The van der Waals surface area contributed by atoms with Crippen LogP contribution in [-0.4, -0.2) is 25.5 Å². The summed E-state index contributed by atoms with van der Waals surface area (Å²) >= 11 is 6.19. The van der Waals surface area contributed by atoms with E-state index in [1.165, 1.54) is 0 Å². The Labute approximate surface area is 167 Å². The van der Waals surface area contributed by atoms with E-state index in [0.29, 0.717) is 29.4 Å². The second-order valence-electron chi connectivity index (χ2n) is 6.38. The second-order valence-corrected chi connectivity index (χ2v) is 6.78. The van der Waals surface area contributed by atoms with Gasteiger partial charge in [0.1, 0.15) is 0 Å². The lowest BCUT2D eigenvalue weighted by Crippen LogP contribution is -2.12. The van der Waals surface area contributed by atoms with E-state index in [1.807, 2.05) is 59.4 Å². The molecule has 2 aromatic carbocycles. The molecule has 0 unspecified atom stereocenters. The van der Waals surface area contributed by atoms with E-state index in [-0.39, 0.29) is 5.91 Å². The number of hydrogen-bond donors (Lipinski definition) is 1. The van der Waals surface area contributed by atoms with Crippen molar-refractivity contribution in [3.63, 3.8) is 0 Å². The number of nitrogens with one attached hydrogen (secondary N) is 1. The smallest absolute Gasteiger partial charge is 0.255 e. The van der Waals surface area contributed by atoms with Gasteiger partial charge in [-0.3, -0.25) is 14.2 Å². The van der Waals surface area contributed by atoms with Crippen LogP contribution >= 0.6 is 11.6 Å². The number of amides is 1. The lowest BCUT2D eigenvalue weighted by Gasteiger charge is -2.06. The molecular formula is C21H18ClN5O. The summed E-state index contributed by atoms with van der Waals surface area (Å²) in [5.41, 5.74) is 3.19. The first-order chi connectivity index (χ1) is 13.7. The Morgan fingerprint density at radius 3 is 2.71 bits per heavy atom. The lowest BCUT2D eigenvalue weighted by molar-refractivity contribution is 0.102. The number of hydrogen-bond acceptors (Lipinski definition) is 3. The van der Waals surface area contributed by atoms with Gasteiger partial charge in [-0.15, -0.1) is 0 Å². The van der Waals surface area contributed by atoms with E-state index >= 15 is 0 Å². The van der Waals surface area contributed by atoms with Gasteiger partial charge < -0.3 is 5.32 Å². The van der Waals surface area contributed by atoms with E-state index in [1.54, 1.807) is 29.3 Å². The molecule has 7 heteroatoms. The Bertz CT molecular complexity index is 1090. The molecule has 0 saturated heterocycles. The van der Waals surface area contributed by atoms with Crippen molar-refractivity contribution in [1.82, 2.24) is 19.6 Å². The van der Waals surface area contributed by atoms with Gasteiger partial charge in [-0.2, -0.15) is 10.2 Å². The fraction of sp³-hybridized carbons (Fsp3) is 0.0952. The molecule has 1 N–H and O–H groups in total. The monoisotopic (exact) mass is 391 g/mol. The minimum absolute atomic E-state index is 0.181. The topological polar surface area (TPSA) is 64.7 Å². The number of nitrogens with zero attached hydrogens (tertiary/aromatic N) is 4. The van der Waals surface area contributed by atoms with Crippen molar-refractivity contribution in [2.24, 2.45) is 0 Å². The van der Waals surface area contributed by atoms with Crippen LogP contribution in [0.4, 0.5) is 5.69 Å². The van der Waals surface area contributed by atoms with Gasteiger partial charge in [-0.05, 0) is 35.4 Å². The minimum atomic E-state index is -0.181. The fourth-order valence-corrected chi connectivity index (χ4v) is 3.11. The molecule has 4 aromatic rings. The maximum atomic E-state index is 12.6. The predicted octanol–water partition coefficient (Wildman–Crippen LogP) is 4.08. The van der Waals surface area contributed by atoms with Gasteiger partial charge in [-0.25, -0.2) is 0 Å². The Kier molecular flexibility index (Phi) is 5.21. The Hall–Kier alpha value is -3.38. The van der Waals surface area contributed by atoms with Crippen LogP contribution in [0, 0.1) is 0 Å². The molecule has 0 atom stereocenters. The first kappa shape index (κ1) is 18.0. The molecule has 2 heterocycles. The molecule has 140 valence electrons. The van der Waals surface area contributed by atoms with Crippen molar-refractivity contribution in [3.8, 4) is 0 Å². The summed E-state index contributed by atoms with van der Waals surface area (Å²) < 4.78 is 3.56. The molecule has 1 amide bonds. The maximum Gasteiger partial charge on any atom is 0.255 e. The van der Waals surface area contributed by atoms with Gasteiger partial charge in [0.25, 0.3) is 5.91 Å².